The second kappa shape index (κ2) is 6.03. The van der Waals surface area contributed by atoms with Crippen LogP contribution in [0.15, 0.2) is 29.5 Å². The number of hydrogen-bond acceptors (Lipinski definition) is 3. The highest BCUT2D eigenvalue weighted by atomic mass is 35.5. The maximum absolute atomic E-state index is 12.6. The molecule has 0 saturated carbocycles. The molecule has 1 aromatic carbocycles. The molecule has 1 aromatic rings. The Bertz CT molecular complexity index is 718. The van der Waals surface area contributed by atoms with E-state index in [0.717, 1.165) is 0 Å². The van der Waals surface area contributed by atoms with Crippen molar-refractivity contribution in [2.75, 3.05) is 13.1 Å². The Morgan fingerprint density at radius 2 is 2.09 bits per heavy atom. The molecule has 2 atom stereocenters. The van der Waals surface area contributed by atoms with E-state index in [-0.39, 0.29) is 25.0 Å². The van der Waals surface area contributed by atoms with E-state index in [0.29, 0.717) is 26.9 Å². The highest BCUT2D eigenvalue weighted by Crippen LogP contribution is 2.34. The molecule has 6 nitrogen and oxygen atoms in total. The summed E-state index contributed by atoms with van der Waals surface area (Å²) in [6, 6.07) is 4.00. The molecule has 0 radical (unpaired) electrons. The lowest BCUT2D eigenvalue weighted by Gasteiger charge is -2.25. The van der Waals surface area contributed by atoms with Gasteiger partial charge in [-0.2, -0.15) is 0 Å². The zero-order valence-electron chi connectivity index (χ0n) is 12.3. The SMILES string of the molecule is C[C@H](O)CN1CC2=C(C1=O)[C@H](c1ccc(Cl)c(Cl)c1)NC(=O)N2. The number of aliphatic hydroxyl groups is 1. The highest BCUT2D eigenvalue weighted by Gasteiger charge is 2.40. The number of hydrogen-bond donors (Lipinski definition) is 3. The molecule has 0 unspecified atom stereocenters. The van der Waals surface area contributed by atoms with Gasteiger partial charge in [-0.15, -0.1) is 0 Å². The van der Waals surface area contributed by atoms with Crippen molar-refractivity contribution in [1.82, 2.24) is 15.5 Å². The molecule has 3 rings (SSSR count). The molecule has 0 saturated heterocycles. The summed E-state index contributed by atoms with van der Waals surface area (Å²) in [5.41, 5.74) is 1.69. The van der Waals surface area contributed by atoms with Crippen LogP contribution in [0.5, 0.6) is 0 Å². The van der Waals surface area contributed by atoms with Gasteiger partial charge in [0.25, 0.3) is 5.91 Å². The quantitative estimate of drug-likeness (QED) is 0.773. The number of amides is 3. The average Bonchev–Trinajstić information content (AvgIpc) is 2.76. The number of halogens is 2. The molecule has 2 aliphatic heterocycles. The molecule has 0 aliphatic carbocycles. The number of nitrogens with one attached hydrogen (secondary N) is 2. The number of urea groups is 1. The number of β-amino-alcohol motifs (C(OH)–C–C–N with tert-alkyl or cyclic N) is 1. The van der Waals surface area contributed by atoms with Crippen LogP contribution in [0.3, 0.4) is 0 Å². The van der Waals surface area contributed by atoms with E-state index in [4.69, 9.17) is 23.2 Å². The first-order chi connectivity index (χ1) is 10.9. The number of aliphatic hydroxyl groups excluding tert-OH is 1. The minimum atomic E-state index is -0.646. The van der Waals surface area contributed by atoms with Gasteiger partial charge < -0.3 is 20.6 Å². The van der Waals surface area contributed by atoms with Crippen molar-refractivity contribution in [3.05, 3.63) is 45.1 Å². The Hall–Kier alpha value is -1.76. The number of rotatable bonds is 3. The zero-order valence-corrected chi connectivity index (χ0v) is 13.8. The van der Waals surface area contributed by atoms with Crippen LogP contribution >= 0.6 is 23.2 Å². The zero-order chi connectivity index (χ0) is 16.7. The van der Waals surface area contributed by atoms with Gasteiger partial charge >= 0.3 is 6.03 Å². The van der Waals surface area contributed by atoms with E-state index in [1.54, 1.807) is 25.1 Å². The molecular formula is C15H15Cl2N3O3. The van der Waals surface area contributed by atoms with Crippen molar-refractivity contribution in [2.24, 2.45) is 0 Å². The topological polar surface area (TPSA) is 81.7 Å². The lowest BCUT2D eigenvalue weighted by Crippen LogP contribution is -2.44. The van der Waals surface area contributed by atoms with E-state index >= 15 is 0 Å². The predicted molar refractivity (Wildman–Crippen MR) is 86.2 cm³/mol. The van der Waals surface area contributed by atoms with Crippen LogP contribution in [0.1, 0.15) is 18.5 Å². The Kier molecular flexibility index (Phi) is 4.23. The molecule has 0 aromatic heterocycles. The number of carbonyl (C=O) groups is 2. The Morgan fingerprint density at radius 1 is 1.35 bits per heavy atom. The number of benzene rings is 1. The van der Waals surface area contributed by atoms with Crippen LogP contribution < -0.4 is 10.6 Å². The summed E-state index contributed by atoms with van der Waals surface area (Å²) in [4.78, 5) is 26.0. The highest BCUT2D eigenvalue weighted by molar-refractivity contribution is 6.42. The first kappa shape index (κ1) is 16.1. The molecule has 0 bridgehead atoms. The third-order valence-electron chi connectivity index (χ3n) is 3.78. The van der Waals surface area contributed by atoms with Gasteiger partial charge in [0.2, 0.25) is 0 Å². The van der Waals surface area contributed by atoms with E-state index in [2.05, 4.69) is 10.6 Å². The first-order valence-corrected chi connectivity index (χ1v) is 7.85. The fourth-order valence-electron chi connectivity index (χ4n) is 2.84. The second-order valence-electron chi connectivity index (χ2n) is 5.63. The fraction of sp³-hybridized carbons (Fsp3) is 0.333. The fourth-order valence-corrected chi connectivity index (χ4v) is 3.14. The lowest BCUT2D eigenvalue weighted by atomic mass is 9.96. The summed E-state index contributed by atoms with van der Waals surface area (Å²) in [5, 5.41) is 15.7. The molecular weight excluding hydrogens is 341 g/mol. The molecule has 3 N–H and O–H groups in total. The summed E-state index contributed by atoms with van der Waals surface area (Å²) in [6.45, 7) is 2.08. The van der Waals surface area contributed by atoms with Gasteiger partial charge in [0, 0.05) is 6.54 Å². The smallest absolute Gasteiger partial charge is 0.319 e. The molecule has 0 fully saturated rings. The van der Waals surface area contributed by atoms with E-state index in [1.165, 1.54) is 4.90 Å². The summed E-state index contributed by atoms with van der Waals surface area (Å²) < 4.78 is 0. The van der Waals surface area contributed by atoms with Gasteiger partial charge in [-0.05, 0) is 24.6 Å². The molecule has 2 aliphatic rings. The standard InChI is InChI=1S/C15H15Cl2N3O3/c1-7(21)5-20-6-11-12(14(20)22)13(19-15(23)18-11)8-2-3-9(16)10(17)4-8/h2-4,7,13,21H,5-6H2,1H3,(H2,18,19,23)/t7-,13-/m0/s1. The Labute approximate surface area is 143 Å². The van der Waals surface area contributed by atoms with E-state index < -0.39 is 12.1 Å². The summed E-state index contributed by atoms with van der Waals surface area (Å²) >= 11 is 12.0. The summed E-state index contributed by atoms with van der Waals surface area (Å²) in [6.07, 6.45) is -0.646. The Morgan fingerprint density at radius 3 is 2.74 bits per heavy atom. The molecule has 2 heterocycles. The second-order valence-corrected chi connectivity index (χ2v) is 6.45. The average molecular weight is 356 g/mol. The van der Waals surface area contributed by atoms with Gasteiger partial charge in [0.15, 0.2) is 0 Å². The van der Waals surface area contributed by atoms with Crippen LogP contribution in [0, 0.1) is 0 Å². The van der Waals surface area contributed by atoms with Crippen LogP contribution in [0.2, 0.25) is 10.0 Å². The monoisotopic (exact) mass is 355 g/mol. The van der Waals surface area contributed by atoms with Crippen molar-refractivity contribution in [2.45, 2.75) is 19.1 Å². The third kappa shape index (κ3) is 3.02. The van der Waals surface area contributed by atoms with Crippen LogP contribution in [0.4, 0.5) is 4.79 Å². The lowest BCUT2D eigenvalue weighted by molar-refractivity contribution is -0.126. The van der Waals surface area contributed by atoms with Gasteiger partial charge in [-0.25, -0.2) is 4.79 Å². The summed E-state index contributed by atoms with van der Waals surface area (Å²) in [5.74, 6) is -0.218. The predicted octanol–water partition coefficient (Wildman–Crippen LogP) is 1.82. The van der Waals surface area contributed by atoms with E-state index in [1.807, 2.05) is 0 Å². The number of nitrogens with zero attached hydrogens (tertiary/aromatic N) is 1. The Balaban J connectivity index is 1.97. The number of carbonyl (C=O) groups excluding carboxylic acids is 2. The van der Waals surface area contributed by atoms with E-state index in [9.17, 15) is 14.7 Å². The van der Waals surface area contributed by atoms with Gasteiger partial charge in [0.05, 0.1) is 40.0 Å². The molecule has 122 valence electrons. The molecule has 0 spiro atoms. The van der Waals surface area contributed by atoms with Crippen molar-refractivity contribution in [3.8, 4) is 0 Å². The van der Waals surface area contributed by atoms with Crippen molar-refractivity contribution in [1.29, 1.82) is 0 Å². The largest absolute Gasteiger partial charge is 0.392 e. The summed E-state index contributed by atoms with van der Waals surface area (Å²) in [7, 11) is 0. The van der Waals surface area contributed by atoms with Gasteiger partial charge in [-0.3, -0.25) is 4.79 Å². The minimum absolute atomic E-state index is 0.204. The van der Waals surface area contributed by atoms with Crippen LogP contribution in [0.25, 0.3) is 0 Å². The van der Waals surface area contributed by atoms with Gasteiger partial charge in [0.1, 0.15) is 0 Å². The maximum Gasteiger partial charge on any atom is 0.319 e. The van der Waals surface area contributed by atoms with Crippen LogP contribution in [-0.4, -0.2) is 41.1 Å². The van der Waals surface area contributed by atoms with Crippen molar-refractivity contribution in [3.63, 3.8) is 0 Å². The minimum Gasteiger partial charge on any atom is -0.392 e. The van der Waals surface area contributed by atoms with Gasteiger partial charge in [-0.1, -0.05) is 29.3 Å². The van der Waals surface area contributed by atoms with Crippen LogP contribution in [-0.2, 0) is 4.79 Å². The van der Waals surface area contributed by atoms with Crippen molar-refractivity contribution >= 4 is 35.1 Å². The molecule has 3 amide bonds. The van der Waals surface area contributed by atoms with Crippen molar-refractivity contribution < 1.29 is 14.7 Å². The molecule has 23 heavy (non-hydrogen) atoms. The third-order valence-corrected chi connectivity index (χ3v) is 4.52. The maximum atomic E-state index is 12.6. The first-order valence-electron chi connectivity index (χ1n) is 7.09. The normalized spacial score (nSPS) is 21.9. The molecule has 8 heteroatoms.